The Labute approximate surface area is 113 Å². The van der Waals surface area contributed by atoms with Gasteiger partial charge < -0.3 is 14.8 Å². The SMILES string of the molecule is CCNC(C1CCCC(C)C1)C(OCC)OCC. The van der Waals surface area contributed by atoms with Crippen molar-refractivity contribution in [2.24, 2.45) is 11.8 Å². The molecule has 108 valence electrons. The average molecular weight is 257 g/mol. The molecule has 1 saturated carbocycles. The van der Waals surface area contributed by atoms with E-state index in [1.165, 1.54) is 25.7 Å². The summed E-state index contributed by atoms with van der Waals surface area (Å²) < 4.78 is 11.6. The highest BCUT2D eigenvalue weighted by atomic mass is 16.7. The van der Waals surface area contributed by atoms with E-state index in [9.17, 15) is 0 Å². The monoisotopic (exact) mass is 257 g/mol. The van der Waals surface area contributed by atoms with Crippen molar-refractivity contribution in [2.75, 3.05) is 19.8 Å². The molecule has 0 saturated heterocycles. The standard InChI is InChI=1S/C15H31NO2/c1-5-16-14(15(17-6-2)18-7-3)13-10-8-9-12(4)11-13/h12-16H,5-11H2,1-4H3. The van der Waals surface area contributed by atoms with Gasteiger partial charge in [-0.3, -0.25) is 0 Å². The van der Waals surface area contributed by atoms with Crippen LogP contribution < -0.4 is 5.32 Å². The van der Waals surface area contributed by atoms with Crippen LogP contribution in [0.2, 0.25) is 0 Å². The number of likely N-dealkylation sites (N-methyl/N-ethyl adjacent to an activating group) is 1. The van der Waals surface area contributed by atoms with Gasteiger partial charge >= 0.3 is 0 Å². The van der Waals surface area contributed by atoms with Gasteiger partial charge in [-0.1, -0.05) is 26.7 Å². The molecule has 0 spiro atoms. The summed E-state index contributed by atoms with van der Waals surface area (Å²) in [6, 6.07) is 0.345. The lowest BCUT2D eigenvalue weighted by atomic mass is 9.78. The summed E-state index contributed by atoms with van der Waals surface area (Å²) >= 11 is 0. The summed E-state index contributed by atoms with van der Waals surface area (Å²) in [5, 5.41) is 3.59. The van der Waals surface area contributed by atoms with Gasteiger partial charge in [0.1, 0.15) is 0 Å². The molecule has 1 fully saturated rings. The quantitative estimate of drug-likeness (QED) is 0.677. The number of ether oxygens (including phenoxy) is 2. The largest absolute Gasteiger partial charge is 0.351 e. The molecular weight excluding hydrogens is 226 g/mol. The zero-order valence-electron chi connectivity index (χ0n) is 12.6. The third-order valence-electron chi connectivity index (χ3n) is 3.88. The molecule has 0 bridgehead atoms. The van der Waals surface area contributed by atoms with E-state index >= 15 is 0 Å². The highest BCUT2D eigenvalue weighted by Gasteiger charge is 2.32. The third-order valence-corrected chi connectivity index (χ3v) is 3.88. The second-order valence-electron chi connectivity index (χ2n) is 5.39. The van der Waals surface area contributed by atoms with Crippen molar-refractivity contribution in [1.82, 2.24) is 5.32 Å². The van der Waals surface area contributed by atoms with Crippen LogP contribution in [-0.2, 0) is 9.47 Å². The number of nitrogens with one attached hydrogen (secondary N) is 1. The molecule has 0 aromatic rings. The van der Waals surface area contributed by atoms with E-state index in [0.29, 0.717) is 12.0 Å². The van der Waals surface area contributed by atoms with Crippen molar-refractivity contribution in [3.05, 3.63) is 0 Å². The minimum absolute atomic E-state index is 0.0877. The summed E-state index contributed by atoms with van der Waals surface area (Å²) in [6.07, 6.45) is 5.24. The minimum Gasteiger partial charge on any atom is -0.351 e. The van der Waals surface area contributed by atoms with E-state index in [1.54, 1.807) is 0 Å². The van der Waals surface area contributed by atoms with Crippen LogP contribution in [0.1, 0.15) is 53.4 Å². The normalized spacial score (nSPS) is 26.5. The fourth-order valence-electron chi connectivity index (χ4n) is 3.11. The number of hydrogen-bond acceptors (Lipinski definition) is 3. The molecule has 3 nitrogen and oxygen atoms in total. The van der Waals surface area contributed by atoms with Crippen LogP contribution in [0.15, 0.2) is 0 Å². The van der Waals surface area contributed by atoms with Crippen molar-refractivity contribution >= 4 is 0 Å². The molecule has 0 radical (unpaired) electrons. The Hall–Kier alpha value is -0.120. The molecule has 0 heterocycles. The van der Waals surface area contributed by atoms with Gasteiger partial charge in [0.25, 0.3) is 0 Å². The lowest BCUT2D eigenvalue weighted by molar-refractivity contribution is -0.165. The maximum absolute atomic E-state index is 5.80. The summed E-state index contributed by atoms with van der Waals surface area (Å²) in [7, 11) is 0. The minimum atomic E-state index is -0.0877. The van der Waals surface area contributed by atoms with Crippen LogP contribution in [0.5, 0.6) is 0 Å². The van der Waals surface area contributed by atoms with Gasteiger partial charge in [0.2, 0.25) is 0 Å². The van der Waals surface area contributed by atoms with E-state index in [0.717, 1.165) is 25.7 Å². The van der Waals surface area contributed by atoms with E-state index in [2.05, 4.69) is 19.2 Å². The van der Waals surface area contributed by atoms with Gasteiger partial charge in [0.05, 0.1) is 6.04 Å². The highest BCUT2D eigenvalue weighted by molar-refractivity contribution is 4.84. The van der Waals surface area contributed by atoms with Crippen molar-refractivity contribution in [3.63, 3.8) is 0 Å². The van der Waals surface area contributed by atoms with Gasteiger partial charge in [-0.15, -0.1) is 0 Å². The van der Waals surface area contributed by atoms with Gasteiger partial charge in [-0.05, 0) is 45.1 Å². The van der Waals surface area contributed by atoms with Crippen LogP contribution >= 0.6 is 0 Å². The lowest BCUT2D eigenvalue weighted by Gasteiger charge is -2.37. The van der Waals surface area contributed by atoms with E-state index < -0.39 is 0 Å². The summed E-state index contributed by atoms with van der Waals surface area (Å²) in [5.74, 6) is 1.53. The molecule has 0 aromatic carbocycles. The van der Waals surface area contributed by atoms with Crippen molar-refractivity contribution in [2.45, 2.75) is 65.7 Å². The summed E-state index contributed by atoms with van der Waals surface area (Å²) in [5.41, 5.74) is 0. The molecule has 3 atom stereocenters. The predicted molar refractivity (Wildman–Crippen MR) is 75.6 cm³/mol. The number of hydrogen-bond donors (Lipinski definition) is 1. The Kier molecular flexibility index (Phi) is 7.87. The Morgan fingerprint density at radius 3 is 2.28 bits per heavy atom. The van der Waals surface area contributed by atoms with Crippen LogP contribution in [0.4, 0.5) is 0 Å². The van der Waals surface area contributed by atoms with Crippen LogP contribution in [0.3, 0.4) is 0 Å². The fourth-order valence-corrected chi connectivity index (χ4v) is 3.11. The predicted octanol–water partition coefficient (Wildman–Crippen LogP) is 3.19. The molecule has 1 aliphatic rings. The van der Waals surface area contributed by atoms with E-state index in [1.807, 2.05) is 13.8 Å². The smallest absolute Gasteiger partial charge is 0.172 e. The van der Waals surface area contributed by atoms with Crippen molar-refractivity contribution in [3.8, 4) is 0 Å². The maximum atomic E-state index is 5.80. The molecule has 1 rings (SSSR count). The second kappa shape index (κ2) is 8.89. The molecule has 3 unspecified atom stereocenters. The molecule has 0 aliphatic heterocycles. The molecule has 18 heavy (non-hydrogen) atoms. The molecule has 3 heteroatoms. The number of rotatable bonds is 8. The lowest BCUT2D eigenvalue weighted by Crippen LogP contribution is -2.49. The molecule has 0 amide bonds. The zero-order chi connectivity index (χ0) is 13.4. The van der Waals surface area contributed by atoms with Crippen LogP contribution in [0, 0.1) is 11.8 Å². The average Bonchev–Trinajstić information content (AvgIpc) is 2.36. The maximum Gasteiger partial charge on any atom is 0.172 e. The van der Waals surface area contributed by atoms with Gasteiger partial charge in [-0.2, -0.15) is 0 Å². The van der Waals surface area contributed by atoms with Crippen LogP contribution in [0.25, 0.3) is 0 Å². The molecular formula is C15H31NO2. The second-order valence-corrected chi connectivity index (χ2v) is 5.39. The Morgan fingerprint density at radius 2 is 1.78 bits per heavy atom. The first-order chi connectivity index (χ1) is 8.72. The van der Waals surface area contributed by atoms with Crippen LogP contribution in [-0.4, -0.2) is 32.1 Å². The zero-order valence-corrected chi connectivity index (χ0v) is 12.6. The van der Waals surface area contributed by atoms with Gasteiger partial charge in [-0.25, -0.2) is 0 Å². The summed E-state index contributed by atoms with van der Waals surface area (Å²) in [6.45, 7) is 11.0. The van der Waals surface area contributed by atoms with Gasteiger partial charge in [0.15, 0.2) is 6.29 Å². The van der Waals surface area contributed by atoms with E-state index in [4.69, 9.17) is 9.47 Å². The first kappa shape index (κ1) is 15.9. The Balaban J connectivity index is 2.64. The first-order valence-corrected chi connectivity index (χ1v) is 7.69. The molecule has 1 N–H and O–H groups in total. The topological polar surface area (TPSA) is 30.5 Å². The Morgan fingerprint density at radius 1 is 1.11 bits per heavy atom. The van der Waals surface area contributed by atoms with E-state index in [-0.39, 0.29) is 6.29 Å². The third kappa shape index (κ3) is 4.87. The highest BCUT2D eigenvalue weighted by Crippen LogP contribution is 2.32. The molecule has 1 aliphatic carbocycles. The Bertz CT molecular complexity index is 200. The van der Waals surface area contributed by atoms with Gasteiger partial charge in [0, 0.05) is 13.2 Å². The summed E-state index contributed by atoms with van der Waals surface area (Å²) in [4.78, 5) is 0. The fraction of sp³-hybridized carbons (Fsp3) is 1.00. The first-order valence-electron chi connectivity index (χ1n) is 7.69. The molecule has 0 aromatic heterocycles. The van der Waals surface area contributed by atoms with Crippen molar-refractivity contribution in [1.29, 1.82) is 0 Å². The van der Waals surface area contributed by atoms with Crippen molar-refractivity contribution < 1.29 is 9.47 Å².